The van der Waals surface area contributed by atoms with Crippen LogP contribution in [0.25, 0.3) is 0 Å². The first-order valence-electron chi connectivity index (χ1n) is 6.65. The van der Waals surface area contributed by atoms with Crippen LogP contribution < -0.4 is 0 Å². The molecule has 0 radical (unpaired) electrons. The van der Waals surface area contributed by atoms with Gasteiger partial charge in [-0.25, -0.2) is 9.59 Å². The fourth-order valence-corrected chi connectivity index (χ4v) is 1.71. The standard InChI is InChI=1S/C17H16O4/c1-13(21-17(19)15-10-6-3-7-11-15)12-20-16(18)14-8-4-2-5-9-14/h2-11,13H,12H2,1H3/t13-/m0/s1. The third kappa shape index (κ3) is 4.45. The van der Waals surface area contributed by atoms with Crippen molar-refractivity contribution in [1.29, 1.82) is 0 Å². The smallest absolute Gasteiger partial charge is 0.338 e. The Morgan fingerprint density at radius 2 is 1.33 bits per heavy atom. The van der Waals surface area contributed by atoms with Gasteiger partial charge in [-0.1, -0.05) is 36.4 Å². The first kappa shape index (κ1) is 14.8. The molecule has 108 valence electrons. The lowest BCUT2D eigenvalue weighted by Gasteiger charge is -2.13. The maximum Gasteiger partial charge on any atom is 0.338 e. The normalized spacial score (nSPS) is 11.5. The van der Waals surface area contributed by atoms with Crippen molar-refractivity contribution in [2.24, 2.45) is 0 Å². The Kier molecular flexibility index (Phi) is 5.10. The van der Waals surface area contributed by atoms with Gasteiger partial charge in [-0.2, -0.15) is 0 Å². The summed E-state index contributed by atoms with van der Waals surface area (Å²) in [6, 6.07) is 17.4. The monoisotopic (exact) mass is 284 g/mol. The van der Waals surface area contributed by atoms with E-state index in [-0.39, 0.29) is 6.61 Å². The molecule has 2 aromatic carbocycles. The molecule has 0 amide bonds. The predicted molar refractivity (Wildman–Crippen MR) is 78.0 cm³/mol. The molecule has 0 aliphatic heterocycles. The molecule has 0 fully saturated rings. The van der Waals surface area contributed by atoms with E-state index in [0.29, 0.717) is 11.1 Å². The maximum atomic E-state index is 11.8. The van der Waals surface area contributed by atoms with Crippen LogP contribution in [0.1, 0.15) is 27.6 Å². The van der Waals surface area contributed by atoms with Crippen LogP contribution in [0.15, 0.2) is 60.7 Å². The zero-order valence-electron chi connectivity index (χ0n) is 11.7. The van der Waals surface area contributed by atoms with Crippen molar-refractivity contribution < 1.29 is 19.1 Å². The second-order valence-electron chi connectivity index (χ2n) is 4.55. The molecule has 0 saturated heterocycles. The van der Waals surface area contributed by atoms with E-state index in [2.05, 4.69) is 0 Å². The SMILES string of the molecule is C[C@@H](COC(=O)c1ccccc1)OC(=O)c1ccccc1. The van der Waals surface area contributed by atoms with E-state index in [4.69, 9.17) is 9.47 Å². The molecule has 0 aliphatic rings. The summed E-state index contributed by atoms with van der Waals surface area (Å²) in [6.45, 7) is 1.70. The van der Waals surface area contributed by atoms with Crippen LogP contribution in [-0.2, 0) is 9.47 Å². The summed E-state index contributed by atoms with van der Waals surface area (Å²) in [4.78, 5) is 23.5. The second kappa shape index (κ2) is 7.24. The first-order valence-corrected chi connectivity index (χ1v) is 6.65. The minimum absolute atomic E-state index is 0.0201. The Labute approximate surface area is 123 Å². The number of carbonyl (C=O) groups is 2. The Hall–Kier alpha value is -2.62. The Bertz CT molecular complexity index is 593. The third-order valence-electron chi connectivity index (χ3n) is 2.78. The highest BCUT2D eigenvalue weighted by Crippen LogP contribution is 2.06. The van der Waals surface area contributed by atoms with Crippen LogP contribution in [0.2, 0.25) is 0 Å². The molecule has 4 heteroatoms. The number of ether oxygens (including phenoxy) is 2. The van der Waals surface area contributed by atoms with Crippen LogP contribution in [0.5, 0.6) is 0 Å². The lowest BCUT2D eigenvalue weighted by molar-refractivity contribution is 0.00448. The molecule has 2 rings (SSSR count). The van der Waals surface area contributed by atoms with E-state index in [1.54, 1.807) is 55.5 Å². The summed E-state index contributed by atoms with van der Waals surface area (Å²) in [7, 11) is 0. The number of esters is 2. The average molecular weight is 284 g/mol. The molecule has 0 bridgehead atoms. The highest BCUT2D eigenvalue weighted by molar-refractivity contribution is 5.90. The van der Waals surface area contributed by atoms with Gasteiger partial charge in [0.05, 0.1) is 11.1 Å². The fraction of sp³-hybridized carbons (Fsp3) is 0.176. The van der Waals surface area contributed by atoms with Crippen LogP contribution in [-0.4, -0.2) is 24.6 Å². The van der Waals surface area contributed by atoms with Gasteiger partial charge in [-0.05, 0) is 31.2 Å². The summed E-state index contributed by atoms with van der Waals surface area (Å²) in [6.07, 6.45) is -0.509. The molecule has 0 aromatic heterocycles. The molecule has 0 N–H and O–H groups in total. The second-order valence-corrected chi connectivity index (χ2v) is 4.55. The van der Waals surface area contributed by atoms with E-state index in [1.165, 1.54) is 0 Å². The molecular weight excluding hydrogens is 268 g/mol. The van der Waals surface area contributed by atoms with Gasteiger partial charge in [0.15, 0.2) is 0 Å². The van der Waals surface area contributed by atoms with Gasteiger partial charge in [0.2, 0.25) is 0 Å². The third-order valence-corrected chi connectivity index (χ3v) is 2.78. The van der Waals surface area contributed by atoms with E-state index in [9.17, 15) is 9.59 Å². The van der Waals surface area contributed by atoms with Crippen molar-refractivity contribution in [2.75, 3.05) is 6.61 Å². The lowest BCUT2D eigenvalue weighted by atomic mass is 10.2. The van der Waals surface area contributed by atoms with E-state index in [1.807, 2.05) is 12.1 Å². The van der Waals surface area contributed by atoms with Gasteiger partial charge in [0, 0.05) is 0 Å². The van der Waals surface area contributed by atoms with Gasteiger partial charge < -0.3 is 9.47 Å². The largest absolute Gasteiger partial charge is 0.458 e. The molecular formula is C17H16O4. The van der Waals surface area contributed by atoms with Crippen molar-refractivity contribution in [3.8, 4) is 0 Å². The summed E-state index contributed by atoms with van der Waals surface area (Å²) < 4.78 is 10.3. The minimum Gasteiger partial charge on any atom is -0.458 e. The Balaban J connectivity index is 1.81. The van der Waals surface area contributed by atoms with Crippen LogP contribution in [0.4, 0.5) is 0 Å². The van der Waals surface area contributed by atoms with Gasteiger partial charge in [-0.3, -0.25) is 0 Å². The molecule has 0 heterocycles. The molecule has 2 aromatic rings. The highest BCUT2D eigenvalue weighted by atomic mass is 16.6. The summed E-state index contributed by atoms with van der Waals surface area (Å²) >= 11 is 0. The number of rotatable bonds is 5. The molecule has 4 nitrogen and oxygen atoms in total. The van der Waals surface area contributed by atoms with Gasteiger partial charge in [0.25, 0.3) is 0 Å². The van der Waals surface area contributed by atoms with E-state index < -0.39 is 18.0 Å². The maximum absolute atomic E-state index is 11.8. The van der Waals surface area contributed by atoms with Crippen LogP contribution in [0, 0.1) is 0 Å². The minimum atomic E-state index is -0.509. The Morgan fingerprint density at radius 3 is 1.86 bits per heavy atom. The van der Waals surface area contributed by atoms with E-state index >= 15 is 0 Å². The average Bonchev–Trinajstić information content (AvgIpc) is 2.54. The molecule has 0 saturated carbocycles. The van der Waals surface area contributed by atoms with Crippen molar-refractivity contribution in [2.45, 2.75) is 13.0 Å². The number of benzene rings is 2. The zero-order chi connectivity index (χ0) is 15.1. The van der Waals surface area contributed by atoms with Crippen molar-refractivity contribution in [3.05, 3.63) is 71.8 Å². The van der Waals surface area contributed by atoms with Crippen LogP contribution >= 0.6 is 0 Å². The van der Waals surface area contributed by atoms with Gasteiger partial charge in [-0.15, -0.1) is 0 Å². The summed E-state index contributed by atoms with van der Waals surface area (Å²) in [5.41, 5.74) is 0.942. The molecule has 21 heavy (non-hydrogen) atoms. The summed E-state index contributed by atoms with van der Waals surface area (Å²) in [5.74, 6) is -0.864. The summed E-state index contributed by atoms with van der Waals surface area (Å²) in [5, 5.41) is 0. The Morgan fingerprint density at radius 1 is 0.857 bits per heavy atom. The van der Waals surface area contributed by atoms with Crippen LogP contribution in [0.3, 0.4) is 0 Å². The van der Waals surface area contributed by atoms with E-state index in [0.717, 1.165) is 0 Å². The quantitative estimate of drug-likeness (QED) is 0.792. The molecule has 1 atom stereocenters. The number of hydrogen-bond acceptors (Lipinski definition) is 4. The zero-order valence-corrected chi connectivity index (χ0v) is 11.7. The molecule has 0 unspecified atom stereocenters. The lowest BCUT2D eigenvalue weighted by Crippen LogP contribution is -2.22. The fourth-order valence-electron chi connectivity index (χ4n) is 1.71. The van der Waals surface area contributed by atoms with Crippen molar-refractivity contribution in [3.63, 3.8) is 0 Å². The van der Waals surface area contributed by atoms with Crippen molar-refractivity contribution in [1.82, 2.24) is 0 Å². The van der Waals surface area contributed by atoms with Gasteiger partial charge >= 0.3 is 11.9 Å². The van der Waals surface area contributed by atoms with Crippen molar-refractivity contribution >= 4 is 11.9 Å². The predicted octanol–water partition coefficient (Wildman–Crippen LogP) is 3.09. The number of carbonyl (C=O) groups excluding carboxylic acids is 2. The molecule has 0 spiro atoms. The molecule has 0 aliphatic carbocycles. The van der Waals surface area contributed by atoms with Gasteiger partial charge in [0.1, 0.15) is 12.7 Å². The topological polar surface area (TPSA) is 52.6 Å². The first-order chi connectivity index (χ1) is 10.2. The number of hydrogen-bond donors (Lipinski definition) is 0. The highest BCUT2D eigenvalue weighted by Gasteiger charge is 2.14.